The summed E-state index contributed by atoms with van der Waals surface area (Å²) in [6.45, 7) is 2.24. The summed E-state index contributed by atoms with van der Waals surface area (Å²) < 4.78 is 0. The van der Waals surface area contributed by atoms with Gasteiger partial charge in [-0.1, -0.05) is 18.2 Å². The minimum absolute atomic E-state index is 0.0931. The molecule has 0 atom stereocenters. The maximum atomic E-state index is 12.2. The molecule has 23 heavy (non-hydrogen) atoms. The van der Waals surface area contributed by atoms with Gasteiger partial charge in [0, 0.05) is 43.8 Å². The number of hydrogen-bond acceptors (Lipinski definition) is 2. The minimum Gasteiger partial charge on any atom is -0.365 e. The van der Waals surface area contributed by atoms with Gasteiger partial charge in [-0.15, -0.1) is 0 Å². The molecular weight excluding hydrogens is 292 g/mol. The molecule has 0 bridgehead atoms. The van der Waals surface area contributed by atoms with Crippen LogP contribution >= 0.6 is 0 Å². The largest absolute Gasteiger partial charge is 0.365 e. The Morgan fingerprint density at radius 3 is 2.30 bits per heavy atom. The number of piperazine rings is 1. The number of nitrogens with zero attached hydrogens (tertiary/aromatic N) is 2. The molecule has 120 valence electrons. The number of anilines is 1. The lowest BCUT2D eigenvalue weighted by Gasteiger charge is -2.34. The van der Waals surface area contributed by atoms with Crippen molar-refractivity contribution in [1.29, 1.82) is 0 Å². The average molecular weight is 312 g/mol. The second-order valence-corrected chi connectivity index (χ2v) is 5.54. The smallest absolute Gasteiger partial charge is 0.321 e. The fourth-order valence-electron chi connectivity index (χ4n) is 2.64. The second kappa shape index (κ2) is 7.00. The summed E-state index contributed by atoms with van der Waals surface area (Å²) in [4.78, 5) is 31.0. The van der Waals surface area contributed by atoms with Gasteiger partial charge in [0.2, 0.25) is 5.91 Å². The number of amides is 3. The third kappa shape index (κ3) is 3.91. The van der Waals surface area contributed by atoms with E-state index in [1.54, 1.807) is 4.90 Å². The highest BCUT2D eigenvalue weighted by Crippen LogP contribution is 2.10. The first-order valence-corrected chi connectivity index (χ1v) is 7.73. The number of aromatic nitrogens is 1. The molecule has 2 heterocycles. The number of para-hydroxylation sites is 1. The van der Waals surface area contributed by atoms with Gasteiger partial charge >= 0.3 is 6.03 Å². The van der Waals surface area contributed by atoms with Crippen molar-refractivity contribution in [1.82, 2.24) is 14.8 Å². The molecule has 1 aromatic heterocycles. The Kier molecular flexibility index (Phi) is 4.61. The Balaban J connectivity index is 1.48. The van der Waals surface area contributed by atoms with Crippen LogP contribution in [0.25, 0.3) is 0 Å². The molecule has 1 fully saturated rings. The molecule has 6 nitrogen and oxygen atoms in total. The van der Waals surface area contributed by atoms with E-state index in [1.165, 1.54) is 0 Å². The van der Waals surface area contributed by atoms with Crippen molar-refractivity contribution in [3.8, 4) is 0 Å². The first-order chi connectivity index (χ1) is 11.2. The van der Waals surface area contributed by atoms with Gasteiger partial charge in [-0.05, 0) is 24.3 Å². The molecule has 6 heteroatoms. The van der Waals surface area contributed by atoms with Crippen LogP contribution < -0.4 is 5.32 Å². The van der Waals surface area contributed by atoms with Crippen LogP contribution in [0.2, 0.25) is 0 Å². The van der Waals surface area contributed by atoms with Crippen molar-refractivity contribution in [3.63, 3.8) is 0 Å². The van der Waals surface area contributed by atoms with Crippen LogP contribution in [0.5, 0.6) is 0 Å². The Morgan fingerprint density at radius 2 is 1.65 bits per heavy atom. The van der Waals surface area contributed by atoms with Crippen LogP contribution in [0.1, 0.15) is 5.69 Å². The fourth-order valence-corrected chi connectivity index (χ4v) is 2.64. The molecule has 3 rings (SSSR count). The molecular formula is C17H20N4O2. The minimum atomic E-state index is -0.118. The monoisotopic (exact) mass is 312 g/mol. The Morgan fingerprint density at radius 1 is 0.957 bits per heavy atom. The number of benzene rings is 1. The highest BCUT2D eigenvalue weighted by atomic mass is 16.2. The number of carbonyl (C=O) groups excluding carboxylic acids is 2. The number of aromatic amines is 1. The highest BCUT2D eigenvalue weighted by Gasteiger charge is 2.24. The van der Waals surface area contributed by atoms with Crippen molar-refractivity contribution >= 4 is 17.6 Å². The molecule has 2 aromatic rings. The Bertz CT molecular complexity index is 646. The van der Waals surface area contributed by atoms with Gasteiger partial charge in [0.25, 0.3) is 0 Å². The summed E-state index contributed by atoms with van der Waals surface area (Å²) in [7, 11) is 0. The molecule has 1 aliphatic rings. The lowest BCUT2D eigenvalue weighted by atomic mass is 10.2. The van der Waals surface area contributed by atoms with E-state index < -0.39 is 0 Å². The summed E-state index contributed by atoms with van der Waals surface area (Å²) in [5.74, 6) is 0.0931. The lowest BCUT2D eigenvalue weighted by Crippen LogP contribution is -2.52. The van der Waals surface area contributed by atoms with Crippen LogP contribution in [-0.4, -0.2) is 52.9 Å². The zero-order chi connectivity index (χ0) is 16.1. The van der Waals surface area contributed by atoms with Gasteiger partial charge in [0.1, 0.15) is 0 Å². The van der Waals surface area contributed by atoms with E-state index in [4.69, 9.17) is 0 Å². The Labute approximate surface area is 135 Å². The van der Waals surface area contributed by atoms with Gasteiger partial charge in [-0.3, -0.25) is 4.79 Å². The van der Waals surface area contributed by atoms with E-state index in [-0.39, 0.29) is 11.9 Å². The molecule has 0 unspecified atom stereocenters. The number of hydrogen-bond donors (Lipinski definition) is 2. The number of carbonyl (C=O) groups is 2. The topological polar surface area (TPSA) is 68.4 Å². The first kappa shape index (κ1) is 15.1. The first-order valence-electron chi connectivity index (χ1n) is 7.73. The molecule has 0 saturated carbocycles. The summed E-state index contributed by atoms with van der Waals surface area (Å²) >= 11 is 0. The van der Waals surface area contributed by atoms with Crippen molar-refractivity contribution < 1.29 is 9.59 Å². The van der Waals surface area contributed by atoms with E-state index >= 15 is 0 Å². The van der Waals surface area contributed by atoms with Crippen molar-refractivity contribution in [2.24, 2.45) is 0 Å². The average Bonchev–Trinajstić information content (AvgIpc) is 3.09. The summed E-state index contributed by atoms with van der Waals surface area (Å²) in [6.07, 6.45) is 2.19. The van der Waals surface area contributed by atoms with Gasteiger partial charge < -0.3 is 20.1 Å². The van der Waals surface area contributed by atoms with Gasteiger partial charge in [0.05, 0.1) is 6.42 Å². The van der Waals surface area contributed by atoms with E-state index in [1.807, 2.05) is 53.6 Å². The summed E-state index contributed by atoms with van der Waals surface area (Å²) in [6, 6.07) is 13.1. The summed E-state index contributed by atoms with van der Waals surface area (Å²) in [5, 5.41) is 2.87. The normalized spacial score (nSPS) is 14.6. The highest BCUT2D eigenvalue weighted by molar-refractivity contribution is 5.89. The SMILES string of the molecule is O=C(Cc1ccc[nH]1)N1CCN(C(=O)Nc2ccccc2)CC1. The molecule has 1 saturated heterocycles. The standard InChI is InChI=1S/C17H20N4O2/c22-16(13-15-7-4-8-18-15)20-9-11-21(12-10-20)17(23)19-14-5-2-1-3-6-14/h1-8,18H,9-13H2,(H,19,23). The number of H-pyrrole nitrogens is 1. The maximum Gasteiger partial charge on any atom is 0.321 e. The molecule has 1 aliphatic heterocycles. The fraction of sp³-hybridized carbons (Fsp3) is 0.294. The molecule has 0 aliphatic carbocycles. The molecule has 0 spiro atoms. The van der Waals surface area contributed by atoms with Crippen molar-refractivity contribution in [2.75, 3.05) is 31.5 Å². The number of rotatable bonds is 3. The van der Waals surface area contributed by atoms with Gasteiger partial charge in [0.15, 0.2) is 0 Å². The van der Waals surface area contributed by atoms with Gasteiger partial charge in [-0.25, -0.2) is 4.79 Å². The van der Waals surface area contributed by atoms with Gasteiger partial charge in [-0.2, -0.15) is 0 Å². The predicted octanol–water partition coefficient (Wildman–Crippen LogP) is 1.93. The summed E-state index contributed by atoms with van der Waals surface area (Å²) in [5.41, 5.74) is 1.70. The van der Waals surface area contributed by atoms with Crippen LogP contribution in [0.3, 0.4) is 0 Å². The van der Waals surface area contributed by atoms with Crippen molar-refractivity contribution in [2.45, 2.75) is 6.42 Å². The van der Waals surface area contributed by atoms with E-state index in [2.05, 4.69) is 10.3 Å². The van der Waals surface area contributed by atoms with E-state index in [0.29, 0.717) is 32.6 Å². The van der Waals surface area contributed by atoms with Crippen LogP contribution in [0, 0.1) is 0 Å². The molecule has 1 aromatic carbocycles. The van der Waals surface area contributed by atoms with Crippen LogP contribution in [0.4, 0.5) is 10.5 Å². The van der Waals surface area contributed by atoms with Crippen LogP contribution in [0.15, 0.2) is 48.7 Å². The van der Waals surface area contributed by atoms with Crippen molar-refractivity contribution in [3.05, 3.63) is 54.4 Å². The third-order valence-corrected chi connectivity index (χ3v) is 3.95. The van der Waals surface area contributed by atoms with Crippen LogP contribution in [-0.2, 0) is 11.2 Å². The molecule has 0 radical (unpaired) electrons. The Hall–Kier alpha value is -2.76. The van der Waals surface area contributed by atoms with E-state index in [0.717, 1.165) is 11.4 Å². The second-order valence-electron chi connectivity index (χ2n) is 5.54. The lowest BCUT2D eigenvalue weighted by molar-refractivity contribution is -0.131. The predicted molar refractivity (Wildman–Crippen MR) is 88.1 cm³/mol. The number of urea groups is 1. The number of nitrogens with one attached hydrogen (secondary N) is 2. The maximum absolute atomic E-state index is 12.2. The molecule has 3 amide bonds. The quantitative estimate of drug-likeness (QED) is 0.909. The zero-order valence-electron chi connectivity index (χ0n) is 12.9. The third-order valence-electron chi connectivity index (χ3n) is 3.95. The zero-order valence-corrected chi connectivity index (χ0v) is 12.9. The van der Waals surface area contributed by atoms with E-state index in [9.17, 15) is 9.59 Å². The molecule has 2 N–H and O–H groups in total.